The van der Waals surface area contributed by atoms with Crippen LogP contribution in [0.3, 0.4) is 0 Å². The van der Waals surface area contributed by atoms with Crippen LogP contribution in [0, 0.1) is 0 Å². The van der Waals surface area contributed by atoms with E-state index in [1.807, 2.05) is 0 Å². The minimum atomic E-state index is -0.481. The van der Waals surface area contributed by atoms with Crippen LogP contribution in [0.1, 0.15) is 16.6 Å². The quantitative estimate of drug-likeness (QED) is 0.518. The van der Waals surface area contributed by atoms with Crippen molar-refractivity contribution in [1.29, 1.82) is 0 Å². The highest BCUT2D eigenvalue weighted by atomic mass is 35.5. The molecule has 0 spiro atoms. The van der Waals surface area contributed by atoms with E-state index in [-0.39, 0.29) is 5.78 Å². The molecule has 0 aliphatic carbocycles. The Balaban J connectivity index is 2.20. The van der Waals surface area contributed by atoms with E-state index in [1.54, 1.807) is 26.2 Å². The first-order chi connectivity index (χ1) is 8.65. The van der Waals surface area contributed by atoms with Crippen molar-refractivity contribution in [3.05, 3.63) is 21.3 Å². The van der Waals surface area contributed by atoms with Gasteiger partial charge >= 0.3 is 0 Å². The lowest BCUT2D eigenvalue weighted by atomic mass is 10.2. The van der Waals surface area contributed by atoms with Crippen molar-refractivity contribution in [1.82, 2.24) is 0 Å². The largest absolute Gasteiger partial charge is 0.382 e. The molecule has 1 unspecified atom stereocenters. The second-order valence-corrected chi connectivity index (χ2v) is 5.30. The van der Waals surface area contributed by atoms with Crippen LogP contribution in [0.4, 0.5) is 0 Å². The van der Waals surface area contributed by atoms with Crippen molar-refractivity contribution in [2.24, 2.45) is 0 Å². The fraction of sp³-hybridized carbons (Fsp3) is 0.583. The number of hydrogen-bond donors (Lipinski definition) is 0. The summed E-state index contributed by atoms with van der Waals surface area (Å²) in [6.45, 7) is 3.65. The van der Waals surface area contributed by atoms with Gasteiger partial charge in [-0.1, -0.05) is 11.6 Å². The van der Waals surface area contributed by atoms with Crippen LogP contribution >= 0.6 is 22.9 Å². The van der Waals surface area contributed by atoms with Gasteiger partial charge < -0.3 is 14.2 Å². The van der Waals surface area contributed by atoms with Crippen molar-refractivity contribution in [2.45, 2.75) is 13.0 Å². The molecule has 1 atom stereocenters. The number of halogens is 1. The number of ether oxygens (including phenoxy) is 3. The average Bonchev–Trinajstić information content (AvgIpc) is 2.79. The number of rotatable bonds is 9. The molecule has 0 bridgehead atoms. The number of methoxy groups -OCH3 is 1. The fourth-order valence-electron chi connectivity index (χ4n) is 1.25. The van der Waals surface area contributed by atoms with Crippen molar-refractivity contribution < 1.29 is 19.0 Å². The normalized spacial score (nSPS) is 12.6. The summed E-state index contributed by atoms with van der Waals surface area (Å²) in [5, 5.41) is 0. The van der Waals surface area contributed by atoms with Crippen molar-refractivity contribution >= 4 is 28.7 Å². The number of Topliss-reactive ketones (excluding diaryl/α,β-unsaturated/α-hetero) is 1. The smallest absolute Gasteiger partial charge is 0.201 e. The van der Waals surface area contributed by atoms with Gasteiger partial charge in [0.15, 0.2) is 0 Å². The van der Waals surface area contributed by atoms with E-state index in [4.69, 9.17) is 25.8 Å². The van der Waals surface area contributed by atoms with E-state index < -0.39 is 6.10 Å². The minimum absolute atomic E-state index is 0.0520. The lowest BCUT2D eigenvalue weighted by Gasteiger charge is -2.11. The van der Waals surface area contributed by atoms with E-state index in [1.165, 1.54) is 11.3 Å². The SMILES string of the molecule is COCCOCCOC(C)C(=O)c1ccc(Cl)s1. The molecule has 1 rings (SSSR count). The number of thiophene rings is 1. The Labute approximate surface area is 116 Å². The zero-order chi connectivity index (χ0) is 13.4. The topological polar surface area (TPSA) is 44.8 Å². The van der Waals surface area contributed by atoms with Gasteiger partial charge in [-0.15, -0.1) is 11.3 Å². The summed E-state index contributed by atoms with van der Waals surface area (Å²) in [5.41, 5.74) is 0. The summed E-state index contributed by atoms with van der Waals surface area (Å²) in [4.78, 5) is 12.5. The first kappa shape index (κ1) is 15.6. The van der Waals surface area contributed by atoms with Crippen molar-refractivity contribution in [2.75, 3.05) is 33.5 Å². The summed E-state index contributed by atoms with van der Waals surface area (Å²) in [6, 6.07) is 3.42. The van der Waals surface area contributed by atoms with Crippen molar-refractivity contribution in [3.63, 3.8) is 0 Å². The van der Waals surface area contributed by atoms with Crippen LogP contribution in [0.2, 0.25) is 4.34 Å². The Morgan fingerprint density at radius 3 is 2.67 bits per heavy atom. The molecule has 0 N–H and O–H groups in total. The predicted molar refractivity (Wildman–Crippen MR) is 71.8 cm³/mol. The molecular weight excluding hydrogens is 276 g/mol. The van der Waals surface area contributed by atoms with E-state index in [9.17, 15) is 4.79 Å². The highest BCUT2D eigenvalue weighted by Gasteiger charge is 2.17. The average molecular weight is 293 g/mol. The summed E-state index contributed by atoms with van der Waals surface area (Å²) in [5.74, 6) is -0.0520. The first-order valence-electron chi connectivity index (χ1n) is 5.63. The van der Waals surface area contributed by atoms with E-state index in [2.05, 4.69) is 0 Å². The molecule has 1 heterocycles. The third-order valence-corrected chi connectivity index (χ3v) is 3.46. The van der Waals surface area contributed by atoms with Crippen LogP contribution in [0.5, 0.6) is 0 Å². The Morgan fingerprint density at radius 1 is 1.33 bits per heavy atom. The first-order valence-corrected chi connectivity index (χ1v) is 6.82. The Morgan fingerprint density at radius 2 is 2.06 bits per heavy atom. The van der Waals surface area contributed by atoms with Gasteiger partial charge in [-0.3, -0.25) is 4.79 Å². The highest BCUT2D eigenvalue weighted by Crippen LogP contribution is 2.23. The molecule has 0 saturated carbocycles. The zero-order valence-corrected chi connectivity index (χ0v) is 12.1. The maximum atomic E-state index is 11.9. The summed E-state index contributed by atoms with van der Waals surface area (Å²) < 4.78 is 16.1. The third-order valence-electron chi connectivity index (χ3n) is 2.21. The summed E-state index contributed by atoms with van der Waals surface area (Å²) >= 11 is 7.04. The molecule has 6 heteroatoms. The molecule has 0 fully saturated rings. The van der Waals surface area contributed by atoms with Crippen LogP contribution in [-0.4, -0.2) is 45.4 Å². The molecule has 0 radical (unpaired) electrons. The van der Waals surface area contributed by atoms with E-state index in [0.717, 1.165) is 0 Å². The lowest BCUT2D eigenvalue weighted by Crippen LogP contribution is -2.22. The fourth-order valence-corrected chi connectivity index (χ4v) is 2.31. The highest BCUT2D eigenvalue weighted by molar-refractivity contribution is 7.18. The van der Waals surface area contributed by atoms with Crippen LogP contribution < -0.4 is 0 Å². The molecule has 0 aromatic carbocycles. The van der Waals surface area contributed by atoms with Gasteiger partial charge in [0.2, 0.25) is 5.78 Å². The number of ketones is 1. The molecule has 0 amide bonds. The molecule has 1 aromatic heterocycles. The Hall–Kier alpha value is -0.460. The van der Waals surface area contributed by atoms with Gasteiger partial charge in [-0.2, -0.15) is 0 Å². The van der Waals surface area contributed by atoms with Gasteiger partial charge in [0, 0.05) is 7.11 Å². The number of carbonyl (C=O) groups excluding carboxylic acids is 1. The van der Waals surface area contributed by atoms with Crippen LogP contribution in [0.25, 0.3) is 0 Å². The Bertz CT molecular complexity index is 367. The molecule has 1 aromatic rings. The minimum Gasteiger partial charge on any atom is -0.382 e. The number of carbonyl (C=O) groups is 1. The molecule has 0 aliphatic rings. The van der Waals surface area contributed by atoms with Gasteiger partial charge in [0.1, 0.15) is 6.10 Å². The zero-order valence-electron chi connectivity index (χ0n) is 10.5. The molecule has 4 nitrogen and oxygen atoms in total. The molecular formula is C12H17ClO4S. The molecule has 102 valence electrons. The molecule has 18 heavy (non-hydrogen) atoms. The summed E-state index contributed by atoms with van der Waals surface area (Å²) in [7, 11) is 1.62. The standard InChI is InChI=1S/C12H17ClO4S/c1-9(17-8-7-16-6-5-15-2)12(14)10-3-4-11(13)18-10/h3-4,9H,5-8H2,1-2H3. The van der Waals surface area contributed by atoms with Crippen LogP contribution in [-0.2, 0) is 14.2 Å². The van der Waals surface area contributed by atoms with Gasteiger partial charge in [-0.25, -0.2) is 0 Å². The lowest BCUT2D eigenvalue weighted by molar-refractivity contribution is 0.00369. The van der Waals surface area contributed by atoms with E-state index in [0.29, 0.717) is 35.6 Å². The van der Waals surface area contributed by atoms with Crippen molar-refractivity contribution in [3.8, 4) is 0 Å². The monoisotopic (exact) mass is 292 g/mol. The van der Waals surface area contributed by atoms with Crippen LogP contribution in [0.15, 0.2) is 12.1 Å². The maximum absolute atomic E-state index is 11.9. The molecule has 0 aliphatic heterocycles. The Kier molecular flexibility index (Phi) is 7.46. The van der Waals surface area contributed by atoms with E-state index >= 15 is 0 Å². The van der Waals surface area contributed by atoms with Gasteiger partial charge in [0.25, 0.3) is 0 Å². The predicted octanol–water partition coefficient (Wildman–Crippen LogP) is 2.65. The third kappa shape index (κ3) is 5.46. The number of hydrogen-bond acceptors (Lipinski definition) is 5. The second kappa shape index (κ2) is 8.61. The van der Waals surface area contributed by atoms with Gasteiger partial charge in [-0.05, 0) is 19.1 Å². The second-order valence-electron chi connectivity index (χ2n) is 3.59. The summed E-state index contributed by atoms with van der Waals surface area (Å²) in [6.07, 6.45) is -0.481. The molecule has 0 saturated heterocycles. The van der Waals surface area contributed by atoms with Gasteiger partial charge in [0.05, 0.1) is 35.6 Å². The maximum Gasteiger partial charge on any atom is 0.201 e.